The van der Waals surface area contributed by atoms with E-state index in [-0.39, 0.29) is 11.4 Å². The fraction of sp³-hybridized carbons (Fsp3) is 0.524. The fourth-order valence-electron chi connectivity index (χ4n) is 3.32. The molecule has 1 saturated heterocycles. The number of halogens is 3. The van der Waals surface area contributed by atoms with Crippen molar-refractivity contribution in [1.82, 2.24) is 10.3 Å². The topological polar surface area (TPSA) is 48.5 Å². The number of benzene rings is 1. The van der Waals surface area contributed by atoms with Gasteiger partial charge in [0.05, 0.1) is 11.3 Å². The maximum Gasteiger partial charge on any atom is 0.416 e. The number of amides is 1. The summed E-state index contributed by atoms with van der Waals surface area (Å²) in [4.78, 5) is 22.0. The lowest BCUT2D eigenvalue weighted by molar-refractivity contribution is -0.137. The Morgan fingerprint density at radius 1 is 1.13 bits per heavy atom. The normalized spacial score (nSPS) is 15.4. The number of rotatable bonds is 4. The Morgan fingerprint density at radius 3 is 2.33 bits per heavy atom. The molecule has 0 spiro atoms. The van der Waals surface area contributed by atoms with Crippen molar-refractivity contribution >= 4 is 28.1 Å². The summed E-state index contributed by atoms with van der Waals surface area (Å²) in [6, 6.07) is 5.44. The van der Waals surface area contributed by atoms with Crippen molar-refractivity contribution in [2.75, 3.05) is 36.0 Å². The summed E-state index contributed by atoms with van der Waals surface area (Å²) in [7, 11) is 0. The number of aromatic nitrogens is 1. The highest BCUT2D eigenvalue weighted by atomic mass is 32.1. The minimum Gasteiger partial charge on any atom is -0.368 e. The Hall–Kier alpha value is -2.29. The largest absolute Gasteiger partial charge is 0.416 e. The quantitative estimate of drug-likeness (QED) is 0.756. The first-order chi connectivity index (χ1) is 14.0. The zero-order valence-corrected chi connectivity index (χ0v) is 18.5. The Bertz CT molecular complexity index is 896. The van der Waals surface area contributed by atoms with Crippen LogP contribution in [0.25, 0.3) is 0 Å². The number of carbonyl (C=O) groups is 1. The summed E-state index contributed by atoms with van der Waals surface area (Å²) in [5.74, 6) is -0.120. The first-order valence-electron chi connectivity index (χ1n) is 9.97. The zero-order chi connectivity index (χ0) is 22.1. The lowest BCUT2D eigenvalue weighted by Crippen LogP contribution is -2.46. The number of nitrogens with one attached hydrogen (secondary N) is 1. The third-order valence-corrected chi connectivity index (χ3v) is 5.96. The van der Waals surface area contributed by atoms with Crippen LogP contribution in [0.2, 0.25) is 0 Å². The van der Waals surface area contributed by atoms with Crippen molar-refractivity contribution in [3.05, 3.63) is 40.4 Å². The van der Waals surface area contributed by atoms with E-state index in [4.69, 9.17) is 0 Å². The van der Waals surface area contributed by atoms with E-state index in [1.54, 1.807) is 6.07 Å². The summed E-state index contributed by atoms with van der Waals surface area (Å²) in [6.07, 6.45) is -3.69. The summed E-state index contributed by atoms with van der Waals surface area (Å²) in [6.45, 7) is 10.2. The van der Waals surface area contributed by atoms with Crippen LogP contribution >= 0.6 is 11.3 Å². The maximum atomic E-state index is 13.0. The number of nitrogens with zero attached hydrogens (tertiary/aromatic N) is 3. The third-order valence-electron chi connectivity index (χ3n) is 4.80. The molecule has 9 heteroatoms. The predicted molar refractivity (Wildman–Crippen MR) is 115 cm³/mol. The lowest BCUT2D eigenvalue weighted by atomic mass is 10.1. The molecule has 0 saturated carbocycles. The van der Waals surface area contributed by atoms with Crippen LogP contribution in [-0.4, -0.2) is 42.6 Å². The van der Waals surface area contributed by atoms with Crippen LogP contribution in [0.1, 0.15) is 48.6 Å². The molecule has 5 nitrogen and oxygen atoms in total. The van der Waals surface area contributed by atoms with Gasteiger partial charge in [-0.05, 0) is 45.4 Å². The molecule has 30 heavy (non-hydrogen) atoms. The molecule has 1 amide bonds. The van der Waals surface area contributed by atoms with Crippen LogP contribution in [0, 0.1) is 0 Å². The number of piperazine rings is 1. The Kier molecular flexibility index (Phi) is 6.31. The Morgan fingerprint density at radius 2 is 1.77 bits per heavy atom. The second-order valence-corrected chi connectivity index (χ2v) is 9.33. The number of thiazole rings is 1. The van der Waals surface area contributed by atoms with Gasteiger partial charge in [-0.15, -0.1) is 0 Å². The number of anilines is 2. The van der Waals surface area contributed by atoms with E-state index in [1.807, 2.05) is 32.6 Å². The van der Waals surface area contributed by atoms with Gasteiger partial charge in [-0.3, -0.25) is 4.79 Å². The molecule has 0 radical (unpaired) electrons. The number of hydrogen-bond acceptors (Lipinski definition) is 5. The number of carbonyl (C=O) groups excluding carboxylic acids is 1. The number of alkyl halides is 3. The monoisotopic (exact) mass is 440 g/mol. The van der Waals surface area contributed by atoms with Crippen LogP contribution in [0.3, 0.4) is 0 Å². The summed E-state index contributed by atoms with van der Waals surface area (Å²) in [5, 5.41) is 3.77. The minimum atomic E-state index is -4.35. The predicted octanol–water partition coefficient (Wildman–Crippen LogP) is 4.58. The fourth-order valence-corrected chi connectivity index (χ4v) is 4.43. The van der Waals surface area contributed by atoms with Crippen LogP contribution in [0.4, 0.5) is 24.0 Å². The standard InChI is InChI=1S/C21H27F3N4OS/c1-5-16-17(18(29)26-20(2,3)4)30-19(25-16)28-11-9-27(10-12-28)15-8-6-7-14(13-15)21(22,23)24/h6-8,13H,5,9-12H2,1-4H3,(H,26,29). The van der Waals surface area contributed by atoms with Crippen molar-refractivity contribution in [1.29, 1.82) is 0 Å². The molecule has 1 N–H and O–H groups in total. The maximum absolute atomic E-state index is 13.0. The van der Waals surface area contributed by atoms with E-state index in [0.29, 0.717) is 43.2 Å². The average molecular weight is 441 g/mol. The highest BCUT2D eigenvalue weighted by Crippen LogP contribution is 2.33. The average Bonchev–Trinajstić information content (AvgIpc) is 3.11. The molecule has 164 valence electrons. The summed E-state index contributed by atoms with van der Waals surface area (Å²) in [5.41, 5.74) is 0.382. The molecule has 2 aromatic rings. The van der Waals surface area contributed by atoms with Crippen molar-refractivity contribution in [2.24, 2.45) is 0 Å². The minimum absolute atomic E-state index is 0.120. The molecule has 1 aliphatic rings. The molecule has 0 atom stereocenters. The smallest absolute Gasteiger partial charge is 0.368 e. The molecule has 3 rings (SSSR count). The van der Waals surface area contributed by atoms with E-state index in [2.05, 4.69) is 15.2 Å². The molecule has 1 aromatic carbocycles. The van der Waals surface area contributed by atoms with Crippen LogP contribution < -0.4 is 15.1 Å². The van der Waals surface area contributed by atoms with E-state index in [1.165, 1.54) is 23.5 Å². The molecular weight excluding hydrogens is 413 g/mol. The lowest BCUT2D eigenvalue weighted by Gasteiger charge is -2.36. The molecule has 0 unspecified atom stereocenters. The zero-order valence-electron chi connectivity index (χ0n) is 17.6. The number of aryl methyl sites for hydroxylation is 1. The van der Waals surface area contributed by atoms with Crippen LogP contribution in [0.15, 0.2) is 24.3 Å². The highest BCUT2D eigenvalue weighted by Gasteiger charge is 2.31. The van der Waals surface area contributed by atoms with Crippen molar-refractivity contribution in [3.63, 3.8) is 0 Å². The van der Waals surface area contributed by atoms with Gasteiger partial charge in [-0.2, -0.15) is 13.2 Å². The van der Waals surface area contributed by atoms with Gasteiger partial charge < -0.3 is 15.1 Å². The van der Waals surface area contributed by atoms with Gasteiger partial charge in [0.15, 0.2) is 5.13 Å². The highest BCUT2D eigenvalue weighted by molar-refractivity contribution is 7.17. The van der Waals surface area contributed by atoms with Gasteiger partial charge in [-0.25, -0.2) is 4.98 Å². The Labute approximate surface area is 178 Å². The molecule has 0 bridgehead atoms. The molecule has 1 aliphatic heterocycles. The van der Waals surface area contributed by atoms with Crippen LogP contribution in [0.5, 0.6) is 0 Å². The van der Waals surface area contributed by atoms with Crippen LogP contribution in [-0.2, 0) is 12.6 Å². The second-order valence-electron chi connectivity index (χ2n) is 8.35. The van der Waals surface area contributed by atoms with Gasteiger partial charge in [0.2, 0.25) is 0 Å². The molecule has 0 aliphatic carbocycles. The molecule has 1 fully saturated rings. The van der Waals surface area contributed by atoms with E-state index < -0.39 is 11.7 Å². The van der Waals surface area contributed by atoms with Crippen molar-refractivity contribution in [3.8, 4) is 0 Å². The molecule has 2 heterocycles. The van der Waals surface area contributed by atoms with Crippen molar-refractivity contribution in [2.45, 2.75) is 45.8 Å². The van der Waals surface area contributed by atoms with Gasteiger partial charge in [0, 0.05) is 37.4 Å². The van der Waals surface area contributed by atoms with Gasteiger partial charge >= 0.3 is 6.18 Å². The van der Waals surface area contributed by atoms with E-state index in [0.717, 1.165) is 16.9 Å². The first kappa shape index (κ1) is 22.4. The van der Waals surface area contributed by atoms with E-state index >= 15 is 0 Å². The first-order valence-corrected chi connectivity index (χ1v) is 10.8. The van der Waals surface area contributed by atoms with Gasteiger partial charge in [-0.1, -0.05) is 24.3 Å². The third kappa shape index (κ3) is 5.24. The molecule has 1 aromatic heterocycles. The summed E-state index contributed by atoms with van der Waals surface area (Å²) >= 11 is 1.38. The summed E-state index contributed by atoms with van der Waals surface area (Å²) < 4.78 is 39.0. The van der Waals surface area contributed by atoms with Gasteiger partial charge in [0.1, 0.15) is 4.88 Å². The Balaban J connectivity index is 1.70. The molecular formula is C21H27F3N4OS. The SMILES string of the molecule is CCc1nc(N2CCN(c3cccc(C(F)(F)F)c3)CC2)sc1C(=O)NC(C)(C)C. The van der Waals surface area contributed by atoms with E-state index in [9.17, 15) is 18.0 Å². The second kappa shape index (κ2) is 8.45. The van der Waals surface area contributed by atoms with Crippen molar-refractivity contribution < 1.29 is 18.0 Å². The van der Waals surface area contributed by atoms with Gasteiger partial charge in [0.25, 0.3) is 5.91 Å². The number of hydrogen-bond donors (Lipinski definition) is 1.